The van der Waals surface area contributed by atoms with Crippen molar-refractivity contribution in [3.05, 3.63) is 23.8 Å². The SMILES string of the molecule is CCNC(=O)c1ccc(N)cc1NC(CC)CC1CC1. The van der Waals surface area contributed by atoms with Crippen LogP contribution in [0.3, 0.4) is 0 Å². The fourth-order valence-electron chi connectivity index (χ4n) is 2.44. The molecule has 1 aliphatic rings. The molecule has 0 radical (unpaired) electrons. The quantitative estimate of drug-likeness (QED) is 0.670. The maximum atomic E-state index is 12.1. The first-order valence-electron chi connectivity index (χ1n) is 7.58. The maximum absolute atomic E-state index is 12.1. The standard InChI is InChI=1S/C16H25N3O/c1-3-13(9-11-5-6-11)19-15-10-12(17)7-8-14(15)16(20)18-4-2/h7-8,10-11,13,19H,3-6,9,17H2,1-2H3,(H,18,20). The van der Waals surface area contributed by atoms with Crippen molar-refractivity contribution in [1.82, 2.24) is 5.32 Å². The number of benzene rings is 1. The second-order valence-corrected chi connectivity index (χ2v) is 5.59. The zero-order chi connectivity index (χ0) is 14.5. The minimum atomic E-state index is -0.0451. The van der Waals surface area contributed by atoms with Gasteiger partial charge >= 0.3 is 0 Å². The Morgan fingerprint density at radius 1 is 1.40 bits per heavy atom. The van der Waals surface area contributed by atoms with Gasteiger partial charge in [-0.1, -0.05) is 19.8 Å². The van der Waals surface area contributed by atoms with Gasteiger partial charge in [-0.15, -0.1) is 0 Å². The van der Waals surface area contributed by atoms with E-state index in [0.717, 1.165) is 18.0 Å². The summed E-state index contributed by atoms with van der Waals surface area (Å²) in [5, 5.41) is 6.35. The fourth-order valence-corrected chi connectivity index (χ4v) is 2.44. The lowest BCUT2D eigenvalue weighted by Gasteiger charge is -2.20. The molecule has 4 heteroatoms. The summed E-state index contributed by atoms with van der Waals surface area (Å²) in [5.74, 6) is 0.817. The van der Waals surface area contributed by atoms with E-state index < -0.39 is 0 Å². The number of hydrogen-bond acceptors (Lipinski definition) is 3. The third-order valence-corrected chi connectivity index (χ3v) is 3.79. The number of anilines is 2. The van der Waals surface area contributed by atoms with Crippen LogP contribution in [0, 0.1) is 5.92 Å². The molecule has 1 aromatic rings. The van der Waals surface area contributed by atoms with Crippen LogP contribution in [-0.2, 0) is 0 Å². The first-order valence-corrected chi connectivity index (χ1v) is 7.58. The lowest BCUT2D eigenvalue weighted by Crippen LogP contribution is -2.26. The van der Waals surface area contributed by atoms with Crippen LogP contribution in [0.15, 0.2) is 18.2 Å². The number of carbonyl (C=O) groups excluding carboxylic acids is 1. The molecule has 0 spiro atoms. The molecule has 1 atom stereocenters. The molecule has 20 heavy (non-hydrogen) atoms. The van der Waals surface area contributed by atoms with Crippen molar-refractivity contribution >= 4 is 17.3 Å². The second-order valence-electron chi connectivity index (χ2n) is 5.59. The Labute approximate surface area is 121 Å². The Morgan fingerprint density at radius 3 is 2.75 bits per heavy atom. The highest BCUT2D eigenvalue weighted by atomic mass is 16.1. The molecule has 0 bridgehead atoms. The highest BCUT2D eigenvalue weighted by Gasteiger charge is 2.25. The van der Waals surface area contributed by atoms with Crippen LogP contribution in [0.2, 0.25) is 0 Å². The highest BCUT2D eigenvalue weighted by Crippen LogP contribution is 2.35. The lowest BCUT2D eigenvalue weighted by atomic mass is 10.1. The van der Waals surface area contributed by atoms with Crippen LogP contribution in [0.1, 0.15) is 49.9 Å². The zero-order valence-corrected chi connectivity index (χ0v) is 12.4. The number of nitrogens with one attached hydrogen (secondary N) is 2. The van der Waals surface area contributed by atoms with Gasteiger partial charge in [0.1, 0.15) is 0 Å². The minimum absolute atomic E-state index is 0.0451. The van der Waals surface area contributed by atoms with Gasteiger partial charge < -0.3 is 16.4 Å². The van der Waals surface area contributed by atoms with Crippen LogP contribution >= 0.6 is 0 Å². The number of carbonyl (C=O) groups is 1. The first-order chi connectivity index (χ1) is 9.63. The van der Waals surface area contributed by atoms with E-state index in [9.17, 15) is 4.79 Å². The molecule has 0 saturated heterocycles. The van der Waals surface area contributed by atoms with Crippen molar-refractivity contribution in [3.8, 4) is 0 Å². The highest BCUT2D eigenvalue weighted by molar-refractivity contribution is 6.00. The minimum Gasteiger partial charge on any atom is -0.399 e. The molecule has 0 heterocycles. The van der Waals surface area contributed by atoms with Gasteiger partial charge in [0.05, 0.1) is 5.56 Å². The van der Waals surface area contributed by atoms with Gasteiger partial charge in [0.15, 0.2) is 0 Å². The Balaban J connectivity index is 2.14. The monoisotopic (exact) mass is 275 g/mol. The Bertz CT molecular complexity index is 469. The zero-order valence-electron chi connectivity index (χ0n) is 12.4. The van der Waals surface area contributed by atoms with Crippen LogP contribution in [0.4, 0.5) is 11.4 Å². The maximum Gasteiger partial charge on any atom is 0.253 e. The summed E-state index contributed by atoms with van der Waals surface area (Å²) < 4.78 is 0. The van der Waals surface area contributed by atoms with Gasteiger partial charge in [0.25, 0.3) is 5.91 Å². The molecule has 2 rings (SSSR count). The summed E-state index contributed by atoms with van der Waals surface area (Å²) >= 11 is 0. The van der Waals surface area contributed by atoms with Gasteiger partial charge in [-0.05, 0) is 43.9 Å². The Hall–Kier alpha value is -1.71. The Morgan fingerprint density at radius 2 is 2.15 bits per heavy atom. The topological polar surface area (TPSA) is 67.2 Å². The molecule has 110 valence electrons. The summed E-state index contributed by atoms with van der Waals surface area (Å²) in [5.41, 5.74) is 8.07. The molecular weight excluding hydrogens is 250 g/mol. The molecule has 1 aliphatic carbocycles. The molecular formula is C16H25N3O. The van der Waals surface area contributed by atoms with Gasteiger partial charge in [-0.2, -0.15) is 0 Å². The predicted molar refractivity (Wildman–Crippen MR) is 83.9 cm³/mol. The molecule has 1 unspecified atom stereocenters. The number of hydrogen-bond donors (Lipinski definition) is 3. The van der Waals surface area contributed by atoms with Gasteiger partial charge in [0, 0.05) is 24.0 Å². The average molecular weight is 275 g/mol. The van der Waals surface area contributed by atoms with Gasteiger partial charge in [-0.25, -0.2) is 0 Å². The molecule has 1 saturated carbocycles. The first kappa shape index (κ1) is 14.7. The van der Waals surface area contributed by atoms with Crippen molar-refractivity contribution in [2.75, 3.05) is 17.6 Å². The summed E-state index contributed by atoms with van der Waals surface area (Å²) in [7, 11) is 0. The van der Waals surface area contributed by atoms with Crippen LogP contribution in [0.25, 0.3) is 0 Å². The van der Waals surface area contributed by atoms with E-state index in [-0.39, 0.29) is 5.91 Å². The number of rotatable bonds is 7. The molecule has 0 aliphatic heterocycles. The van der Waals surface area contributed by atoms with E-state index in [2.05, 4.69) is 17.6 Å². The summed E-state index contributed by atoms with van der Waals surface area (Å²) in [6.45, 7) is 4.73. The molecule has 4 nitrogen and oxygen atoms in total. The predicted octanol–water partition coefficient (Wildman–Crippen LogP) is 3.01. The van der Waals surface area contributed by atoms with Crippen molar-refractivity contribution < 1.29 is 4.79 Å². The third kappa shape index (κ3) is 3.89. The van der Waals surface area contributed by atoms with Crippen molar-refractivity contribution in [2.45, 2.75) is 45.6 Å². The summed E-state index contributed by atoms with van der Waals surface area (Å²) in [6, 6.07) is 5.85. The molecule has 4 N–H and O–H groups in total. The van der Waals surface area contributed by atoms with Crippen LogP contribution in [0.5, 0.6) is 0 Å². The summed E-state index contributed by atoms with van der Waals surface area (Å²) in [4.78, 5) is 12.1. The third-order valence-electron chi connectivity index (χ3n) is 3.79. The fraction of sp³-hybridized carbons (Fsp3) is 0.562. The smallest absolute Gasteiger partial charge is 0.253 e. The molecule has 1 amide bonds. The van der Waals surface area contributed by atoms with E-state index >= 15 is 0 Å². The van der Waals surface area contributed by atoms with Crippen LogP contribution < -0.4 is 16.4 Å². The van der Waals surface area contributed by atoms with Gasteiger partial charge in [-0.3, -0.25) is 4.79 Å². The number of nitrogen functional groups attached to an aromatic ring is 1. The lowest BCUT2D eigenvalue weighted by molar-refractivity contribution is 0.0956. The van der Waals surface area contributed by atoms with E-state index in [1.54, 1.807) is 12.1 Å². The number of nitrogens with two attached hydrogens (primary N) is 1. The Kier molecular flexibility index (Phi) is 4.88. The normalized spacial score (nSPS) is 15.7. The molecule has 1 fully saturated rings. The van der Waals surface area contributed by atoms with E-state index in [0.29, 0.717) is 23.8 Å². The average Bonchev–Trinajstić information content (AvgIpc) is 3.22. The second kappa shape index (κ2) is 6.64. The van der Waals surface area contributed by atoms with Crippen molar-refractivity contribution in [3.63, 3.8) is 0 Å². The van der Waals surface area contributed by atoms with E-state index in [1.807, 2.05) is 13.0 Å². The number of amides is 1. The molecule has 0 aromatic heterocycles. The summed E-state index contributed by atoms with van der Waals surface area (Å²) in [6.07, 6.45) is 4.93. The van der Waals surface area contributed by atoms with E-state index in [4.69, 9.17) is 5.73 Å². The van der Waals surface area contributed by atoms with Crippen molar-refractivity contribution in [2.24, 2.45) is 5.92 Å². The van der Waals surface area contributed by atoms with Crippen molar-refractivity contribution in [1.29, 1.82) is 0 Å². The van der Waals surface area contributed by atoms with E-state index in [1.165, 1.54) is 19.3 Å². The largest absolute Gasteiger partial charge is 0.399 e. The van der Waals surface area contributed by atoms with Crippen LogP contribution in [-0.4, -0.2) is 18.5 Å². The molecule has 1 aromatic carbocycles. The van der Waals surface area contributed by atoms with Gasteiger partial charge in [0.2, 0.25) is 0 Å².